The molecule has 4 aliphatic rings. The molecular weight excluding hydrogens is 900 g/mol. The largest absolute Gasteiger partial charge is 0.497 e. The third kappa shape index (κ3) is 10.2. The van der Waals surface area contributed by atoms with Gasteiger partial charge >= 0.3 is 0 Å². The number of nitrogens with zero attached hydrogens (tertiary/aromatic N) is 7. The highest BCUT2D eigenvalue weighted by Gasteiger charge is 2.40. The molecule has 67 heavy (non-hydrogen) atoms. The predicted octanol–water partition coefficient (Wildman–Crippen LogP) is 5.10. The van der Waals surface area contributed by atoms with Crippen LogP contribution in [0.5, 0.6) is 11.5 Å². The summed E-state index contributed by atoms with van der Waals surface area (Å²) in [5.41, 5.74) is 6.07. The Labute approximate surface area is 396 Å². The van der Waals surface area contributed by atoms with Crippen LogP contribution in [0, 0.1) is 0 Å². The molecule has 3 N–H and O–H groups in total. The van der Waals surface area contributed by atoms with Gasteiger partial charge in [-0.15, -0.1) is 0 Å². The van der Waals surface area contributed by atoms with Gasteiger partial charge in [0.2, 0.25) is 33.7 Å². The van der Waals surface area contributed by atoms with Crippen LogP contribution in [0.2, 0.25) is 5.02 Å². The molecule has 4 aliphatic heterocycles. The summed E-state index contributed by atoms with van der Waals surface area (Å²) in [6, 6.07) is 14.4. The molecule has 1 unspecified atom stereocenters. The zero-order valence-corrected chi connectivity index (χ0v) is 40.0. The number of hydrogen-bond donors (Lipinski definition) is 3. The standard InChI is InChI=1S/C47H57ClN10O8S/c1-6-29-24-37(51-47-49-27-35(48)44(53-47)50-36-12-11-32(65-3)25-40(36)54(2)67(5,63)64)41(66-4)26-39(29)56-18-16-31(17-19-56)55-20-22-57(23-21-55)43(60)15-10-30-8-7-9-33-34(30)28-58(46(33)62)38-13-14-42(59)52-45(38)61/h7-9,11-12,24-27,31,38H,6,10,13-23,28H2,1-5H3,(H,52,59,61)(H2,49,50,51,53). The predicted molar refractivity (Wildman–Crippen MR) is 256 cm³/mol. The Morgan fingerprint density at radius 3 is 2.39 bits per heavy atom. The van der Waals surface area contributed by atoms with Gasteiger partial charge < -0.3 is 34.8 Å². The Hall–Kier alpha value is -6.18. The molecule has 356 valence electrons. The molecule has 1 atom stereocenters. The maximum Gasteiger partial charge on any atom is 0.255 e. The molecule has 0 radical (unpaired) electrons. The Kier molecular flexibility index (Phi) is 14.1. The molecular formula is C47H57ClN10O8S. The molecule has 4 amide bonds. The van der Waals surface area contributed by atoms with Crippen molar-refractivity contribution in [2.24, 2.45) is 0 Å². The molecule has 0 bridgehead atoms. The Morgan fingerprint density at radius 2 is 1.70 bits per heavy atom. The van der Waals surface area contributed by atoms with Crippen molar-refractivity contribution in [1.29, 1.82) is 0 Å². The molecule has 5 heterocycles. The monoisotopic (exact) mass is 956 g/mol. The van der Waals surface area contributed by atoms with Gasteiger partial charge in [0.15, 0.2) is 5.82 Å². The van der Waals surface area contributed by atoms with E-state index in [0.29, 0.717) is 79.1 Å². The number of piperidine rings is 2. The maximum atomic E-state index is 13.5. The van der Waals surface area contributed by atoms with Crippen molar-refractivity contribution in [3.8, 4) is 11.5 Å². The smallest absolute Gasteiger partial charge is 0.255 e. The SMILES string of the molecule is CCc1cc(Nc2ncc(Cl)c(Nc3ccc(OC)cc3N(C)S(C)(=O)=O)n2)c(OC)cc1N1CCC(N2CCN(C(=O)CCc3cccc4c3CN(C3CCC(=O)NC3=O)C4=O)CC2)CC1. The first-order chi connectivity index (χ1) is 32.1. The van der Waals surface area contributed by atoms with Crippen LogP contribution in [-0.2, 0) is 43.8 Å². The van der Waals surface area contributed by atoms with Crippen molar-refractivity contribution in [2.45, 2.75) is 70.5 Å². The number of aryl methyl sites for hydroxylation is 2. The van der Waals surface area contributed by atoms with E-state index >= 15 is 0 Å². The number of rotatable bonds is 15. The second-order valence-electron chi connectivity index (χ2n) is 17.3. The van der Waals surface area contributed by atoms with Crippen molar-refractivity contribution >= 4 is 79.8 Å². The van der Waals surface area contributed by atoms with Crippen molar-refractivity contribution in [1.82, 2.24) is 30.0 Å². The average Bonchev–Trinajstić information content (AvgIpc) is 3.67. The number of anilines is 6. The number of benzene rings is 3. The van der Waals surface area contributed by atoms with Gasteiger partial charge in [-0.2, -0.15) is 4.98 Å². The first-order valence-corrected chi connectivity index (χ1v) is 24.8. The van der Waals surface area contributed by atoms with E-state index in [1.165, 1.54) is 20.4 Å². The first-order valence-electron chi connectivity index (χ1n) is 22.6. The van der Waals surface area contributed by atoms with Crippen LogP contribution in [0.3, 0.4) is 0 Å². The van der Waals surface area contributed by atoms with E-state index in [9.17, 15) is 27.6 Å². The molecule has 0 spiro atoms. The maximum absolute atomic E-state index is 13.5. The van der Waals surface area contributed by atoms with Gasteiger partial charge in [-0.1, -0.05) is 30.7 Å². The van der Waals surface area contributed by atoms with Crippen LogP contribution >= 0.6 is 11.6 Å². The second kappa shape index (κ2) is 20.0. The topological polar surface area (TPSA) is 199 Å². The van der Waals surface area contributed by atoms with Gasteiger partial charge in [0.05, 0.1) is 43.7 Å². The number of aromatic nitrogens is 2. The van der Waals surface area contributed by atoms with Crippen molar-refractivity contribution in [2.75, 3.05) is 86.6 Å². The Morgan fingerprint density at radius 1 is 0.940 bits per heavy atom. The minimum atomic E-state index is -3.60. The fourth-order valence-corrected chi connectivity index (χ4v) is 10.1. The van der Waals surface area contributed by atoms with Crippen molar-refractivity contribution < 1.29 is 37.1 Å². The number of halogens is 1. The quantitative estimate of drug-likeness (QED) is 0.133. The number of carbonyl (C=O) groups is 4. The highest BCUT2D eigenvalue weighted by Crippen LogP contribution is 2.39. The number of nitrogens with one attached hydrogen (secondary N) is 3. The zero-order valence-electron chi connectivity index (χ0n) is 38.4. The molecule has 20 heteroatoms. The van der Waals surface area contributed by atoms with Gasteiger partial charge in [0.1, 0.15) is 22.6 Å². The molecule has 3 aromatic carbocycles. The third-order valence-corrected chi connectivity index (χ3v) is 14.8. The molecule has 0 aliphatic carbocycles. The highest BCUT2D eigenvalue weighted by atomic mass is 35.5. The number of hydrogen-bond acceptors (Lipinski definition) is 14. The van der Waals surface area contributed by atoms with E-state index in [1.807, 2.05) is 17.0 Å². The van der Waals surface area contributed by atoms with E-state index in [2.05, 4.69) is 54.8 Å². The summed E-state index contributed by atoms with van der Waals surface area (Å²) in [6.07, 6.45) is 6.68. The normalized spacial score (nSPS) is 18.1. The summed E-state index contributed by atoms with van der Waals surface area (Å²) in [7, 11) is 0.987. The molecule has 0 saturated carbocycles. The van der Waals surface area contributed by atoms with Crippen LogP contribution < -0.4 is 34.6 Å². The Balaban J connectivity index is 0.851. The van der Waals surface area contributed by atoms with Gasteiger partial charge in [0.25, 0.3) is 5.91 Å². The van der Waals surface area contributed by atoms with Gasteiger partial charge in [-0.25, -0.2) is 13.4 Å². The minimum absolute atomic E-state index is 0.0965. The van der Waals surface area contributed by atoms with Crippen LogP contribution in [0.25, 0.3) is 0 Å². The van der Waals surface area contributed by atoms with Gasteiger partial charge in [-0.3, -0.25) is 33.7 Å². The number of ether oxygens (including phenoxy) is 2. The van der Waals surface area contributed by atoms with Crippen LogP contribution in [0.4, 0.5) is 34.5 Å². The van der Waals surface area contributed by atoms with Crippen LogP contribution in [0.1, 0.15) is 66.1 Å². The lowest BCUT2D eigenvalue weighted by molar-refractivity contribution is -0.137. The summed E-state index contributed by atoms with van der Waals surface area (Å²) >= 11 is 6.55. The average molecular weight is 958 g/mol. The molecule has 4 aromatic rings. The van der Waals surface area contributed by atoms with E-state index in [4.69, 9.17) is 21.1 Å². The summed E-state index contributed by atoms with van der Waals surface area (Å²) < 4.78 is 37.3. The van der Waals surface area contributed by atoms with Crippen molar-refractivity contribution in [3.63, 3.8) is 0 Å². The molecule has 1 aromatic heterocycles. The number of imide groups is 1. The van der Waals surface area contributed by atoms with E-state index in [-0.39, 0.29) is 40.9 Å². The number of fused-ring (bicyclic) bond motifs is 1. The highest BCUT2D eigenvalue weighted by molar-refractivity contribution is 7.92. The number of carbonyl (C=O) groups excluding carboxylic acids is 4. The summed E-state index contributed by atoms with van der Waals surface area (Å²) in [4.78, 5) is 68.6. The minimum Gasteiger partial charge on any atom is -0.497 e. The summed E-state index contributed by atoms with van der Waals surface area (Å²) in [6.45, 7) is 7.10. The fraction of sp³-hybridized carbons (Fsp3) is 0.447. The third-order valence-electron chi connectivity index (χ3n) is 13.3. The number of sulfonamides is 1. The van der Waals surface area contributed by atoms with E-state index in [0.717, 1.165) is 78.4 Å². The van der Waals surface area contributed by atoms with Gasteiger partial charge in [0, 0.05) is 95.1 Å². The lowest BCUT2D eigenvalue weighted by atomic mass is 9.98. The lowest BCUT2D eigenvalue weighted by Crippen LogP contribution is -2.54. The number of piperazine rings is 1. The second-order valence-corrected chi connectivity index (χ2v) is 19.7. The number of methoxy groups -OCH3 is 2. The molecule has 18 nitrogen and oxygen atoms in total. The van der Waals surface area contributed by atoms with Crippen molar-refractivity contribution in [3.05, 3.63) is 82.0 Å². The van der Waals surface area contributed by atoms with Crippen LogP contribution in [-0.4, -0.2) is 136 Å². The van der Waals surface area contributed by atoms with Crippen LogP contribution in [0.15, 0.2) is 54.7 Å². The molecule has 3 saturated heterocycles. The van der Waals surface area contributed by atoms with Gasteiger partial charge in [-0.05, 0) is 73.1 Å². The zero-order chi connectivity index (χ0) is 47.6. The lowest BCUT2D eigenvalue weighted by Gasteiger charge is -2.43. The molecule has 8 rings (SSSR count). The van der Waals surface area contributed by atoms with E-state index < -0.39 is 22.0 Å². The molecule has 3 fully saturated rings. The first kappa shape index (κ1) is 47.3. The summed E-state index contributed by atoms with van der Waals surface area (Å²) in [5, 5.41) is 9.06. The van der Waals surface area contributed by atoms with E-state index in [1.54, 1.807) is 36.3 Å². The summed E-state index contributed by atoms with van der Waals surface area (Å²) in [5.74, 6) is 0.755. The Bertz CT molecular complexity index is 2670. The number of amides is 4. The fourth-order valence-electron chi connectivity index (χ4n) is 9.50.